The maximum absolute atomic E-state index is 12.7. The van der Waals surface area contributed by atoms with Crippen molar-refractivity contribution >= 4 is 29.0 Å². The molecule has 0 unspecified atom stereocenters. The van der Waals surface area contributed by atoms with Crippen molar-refractivity contribution in [2.45, 2.75) is 59.3 Å². The van der Waals surface area contributed by atoms with Crippen LogP contribution in [0.25, 0.3) is 0 Å². The van der Waals surface area contributed by atoms with Gasteiger partial charge in [0, 0.05) is 48.6 Å². The van der Waals surface area contributed by atoms with E-state index in [0.29, 0.717) is 44.8 Å². The van der Waals surface area contributed by atoms with E-state index < -0.39 is 0 Å². The van der Waals surface area contributed by atoms with Gasteiger partial charge in [-0.2, -0.15) is 0 Å². The van der Waals surface area contributed by atoms with E-state index in [1.165, 1.54) is 0 Å². The summed E-state index contributed by atoms with van der Waals surface area (Å²) < 4.78 is 0. The van der Waals surface area contributed by atoms with Crippen molar-refractivity contribution in [3.05, 3.63) is 33.2 Å². The molecule has 8 heteroatoms. The Labute approximate surface area is 181 Å². The largest absolute Gasteiger partial charge is 0.342 e. The molecule has 30 heavy (non-hydrogen) atoms. The summed E-state index contributed by atoms with van der Waals surface area (Å²) in [5, 5.41) is 2.94. The number of likely N-dealkylation sites (tertiary alicyclic amines) is 1. The molecule has 2 aliphatic heterocycles. The third-order valence-corrected chi connectivity index (χ3v) is 6.63. The highest BCUT2D eigenvalue weighted by Crippen LogP contribution is 2.32. The van der Waals surface area contributed by atoms with Gasteiger partial charge < -0.3 is 4.90 Å². The van der Waals surface area contributed by atoms with Crippen LogP contribution < -0.4 is 4.90 Å². The van der Waals surface area contributed by atoms with Crippen LogP contribution in [0, 0.1) is 19.8 Å². The SMILES string of the molecule is Cc1nc(CC(=O)N2CC[C@@H](c3nc(C)c4c(n3)N(CC(C)C)C(=O)CC4)C2)cs1. The van der Waals surface area contributed by atoms with Crippen molar-refractivity contribution in [3.63, 3.8) is 0 Å². The quantitative estimate of drug-likeness (QED) is 0.733. The number of carbonyl (C=O) groups excluding carboxylic acids is 2. The predicted octanol–water partition coefficient (Wildman–Crippen LogP) is 3.04. The number of nitrogens with zero attached hydrogens (tertiary/aromatic N) is 5. The molecule has 1 saturated heterocycles. The summed E-state index contributed by atoms with van der Waals surface area (Å²) in [6, 6.07) is 0. The van der Waals surface area contributed by atoms with E-state index in [-0.39, 0.29) is 17.7 Å². The third-order valence-electron chi connectivity index (χ3n) is 5.81. The molecule has 7 nitrogen and oxygen atoms in total. The van der Waals surface area contributed by atoms with Gasteiger partial charge in [0.1, 0.15) is 11.6 Å². The topological polar surface area (TPSA) is 79.3 Å². The Kier molecular flexibility index (Phi) is 5.86. The number of aromatic nitrogens is 3. The highest BCUT2D eigenvalue weighted by molar-refractivity contribution is 7.09. The minimum absolute atomic E-state index is 0.105. The fourth-order valence-corrected chi connectivity index (χ4v) is 4.91. The molecule has 1 fully saturated rings. The molecule has 2 aromatic rings. The highest BCUT2D eigenvalue weighted by atomic mass is 32.1. The average molecular weight is 428 g/mol. The van der Waals surface area contributed by atoms with Gasteiger partial charge >= 0.3 is 0 Å². The Bertz CT molecular complexity index is 970. The van der Waals surface area contributed by atoms with E-state index in [0.717, 1.165) is 40.0 Å². The van der Waals surface area contributed by atoms with Crippen LogP contribution in [0.5, 0.6) is 0 Å². The second-order valence-corrected chi connectivity index (χ2v) is 9.79. The molecule has 0 saturated carbocycles. The monoisotopic (exact) mass is 427 g/mol. The Hall–Kier alpha value is -2.35. The van der Waals surface area contributed by atoms with Crippen molar-refractivity contribution in [2.24, 2.45) is 5.92 Å². The number of anilines is 1. The number of thiazole rings is 1. The van der Waals surface area contributed by atoms with Crippen molar-refractivity contribution in [1.29, 1.82) is 0 Å². The van der Waals surface area contributed by atoms with Crippen LogP contribution in [0.15, 0.2) is 5.38 Å². The summed E-state index contributed by atoms with van der Waals surface area (Å²) in [4.78, 5) is 43.1. The lowest BCUT2D eigenvalue weighted by Crippen LogP contribution is -2.39. The van der Waals surface area contributed by atoms with Gasteiger partial charge in [0.15, 0.2) is 0 Å². The number of hydrogen-bond acceptors (Lipinski definition) is 6. The number of fused-ring (bicyclic) bond motifs is 1. The van der Waals surface area contributed by atoms with E-state index in [2.05, 4.69) is 18.8 Å². The summed E-state index contributed by atoms with van der Waals surface area (Å²) in [5.74, 6) is 2.26. The van der Waals surface area contributed by atoms with Gasteiger partial charge in [0.2, 0.25) is 11.8 Å². The summed E-state index contributed by atoms with van der Waals surface area (Å²) in [5.41, 5.74) is 2.89. The lowest BCUT2D eigenvalue weighted by Gasteiger charge is -2.31. The third kappa shape index (κ3) is 4.24. The van der Waals surface area contributed by atoms with Gasteiger partial charge in [-0.1, -0.05) is 13.8 Å². The minimum Gasteiger partial charge on any atom is -0.342 e. The normalized spacial score (nSPS) is 19.0. The Morgan fingerprint density at radius 3 is 2.73 bits per heavy atom. The van der Waals surface area contributed by atoms with Crippen LogP contribution in [0.2, 0.25) is 0 Å². The number of carbonyl (C=O) groups is 2. The first kappa shape index (κ1) is 20.9. The maximum Gasteiger partial charge on any atom is 0.228 e. The van der Waals surface area contributed by atoms with Crippen LogP contribution in [0.4, 0.5) is 5.82 Å². The number of aryl methyl sites for hydroxylation is 2. The Balaban J connectivity index is 1.52. The predicted molar refractivity (Wildman–Crippen MR) is 117 cm³/mol. The Morgan fingerprint density at radius 1 is 1.23 bits per heavy atom. The van der Waals surface area contributed by atoms with E-state index in [4.69, 9.17) is 9.97 Å². The lowest BCUT2D eigenvalue weighted by atomic mass is 10.0. The fraction of sp³-hybridized carbons (Fsp3) is 0.591. The van der Waals surface area contributed by atoms with Crippen molar-refractivity contribution in [3.8, 4) is 0 Å². The van der Waals surface area contributed by atoms with Crippen molar-refractivity contribution in [1.82, 2.24) is 19.9 Å². The fourth-order valence-electron chi connectivity index (χ4n) is 4.29. The second-order valence-electron chi connectivity index (χ2n) is 8.73. The highest BCUT2D eigenvalue weighted by Gasteiger charge is 2.33. The van der Waals surface area contributed by atoms with Gasteiger partial charge in [-0.3, -0.25) is 14.5 Å². The zero-order valence-corrected chi connectivity index (χ0v) is 19.0. The first-order chi connectivity index (χ1) is 14.3. The van der Waals surface area contributed by atoms with E-state index in [1.807, 2.05) is 29.0 Å². The van der Waals surface area contributed by atoms with E-state index >= 15 is 0 Å². The van der Waals surface area contributed by atoms with E-state index in [1.54, 1.807) is 11.3 Å². The lowest BCUT2D eigenvalue weighted by molar-refractivity contribution is -0.129. The Morgan fingerprint density at radius 2 is 2.03 bits per heavy atom. The molecule has 0 aliphatic carbocycles. The summed E-state index contributed by atoms with van der Waals surface area (Å²) in [6.45, 7) is 10.2. The van der Waals surface area contributed by atoms with Gasteiger partial charge in [-0.05, 0) is 32.6 Å². The van der Waals surface area contributed by atoms with Gasteiger partial charge in [0.05, 0.1) is 17.1 Å². The summed E-state index contributed by atoms with van der Waals surface area (Å²) in [7, 11) is 0. The number of amides is 2. The van der Waals surface area contributed by atoms with Gasteiger partial charge in [-0.15, -0.1) is 11.3 Å². The molecule has 2 aliphatic rings. The van der Waals surface area contributed by atoms with E-state index in [9.17, 15) is 9.59 Å². The molecule has 0 spiro atoms. The zero-order valence-electron chi connectivity index (χ0n) is 18.1. The first-order valence-corrected chi connectivity index (χ1v) is 11.6. The molecule has 0 radical (unpaired) electrons. The minimum atomic E-state index is 0.105. The molecule has 1 atom stereocenters. The molecule has 4 heterocycles. The molecule has 2 aromatic heterocycles. The average Bonchev–Trinajstić information content (AvgIpc) is 3.33. The standard InChI is InChI=1S/C22H29N5O2S/c1-13(2)10-27-19(28)6-5-18-14(3)23-21(25-22(18)27)16-7-8-26(11-16)20(29)9-17-12-30-15(4)24-17/h12-13,16H,5-11H2,1-4H3/t16-/m1/s1. The molecule has 160 valence electrons. The van der Waals surface area contributed by atoms with Crippen LogP contribution in [-0.4, -0.2) is 51.3 Å². The zero-order chi connectivity index (χ0) is 21.4. The van der Waals surface area contributed by atoms with Crippen LogP contribution in [0.3, 0.4) is 0 Å². The smallest absolute Gasteiger partial charge is 0.228 e. The van der Waals surface area contributed by atoms with Gasteiger partial charge in [-0.25, -0.2) is 15.0 Å². The number of hydrogen-bond donors (Lipinski definition) is 0. The van der Waals surface area contributed by atoms with Crippen molar-refractivity contribution < 1.29 is 9.59 Å². The summed E-state index contributed by atoms with van der Waals surface area (Å²) >= 11 is 1.57. The number of rotatable bonds is 5. The molecule has 0 bridgehead atoms. The first-order valence-electron chi connectivity index (χ1n) is 10.7. The molecule has 0 aromatic carbocycles. The van der Waals surface area contributed by atoms with Gasteiger partial charge in [0.25, 0.3) is 0 Å². The van der Waals surface area contributed by atoms with Crippen LogP contribution >= 0.6 is 11.3 Å². The maximum atomic E-state index is 12.7. The van der Waals surface area contributed by atoms with Crippen LogP contribution in [-0.2, 0) is 22.4 Å². The van der Waals surface area contributed by atoms with Crippen molar-refractivity contribution in [2.75, 3.05) is 24.5 Å². The second kappa shape index (κ2) is 8.41. The molecule has 4 rings (SSSR count). The molecule has 0 N–H and O–H groups in total. The van der Waals surface area contributed by atoms with Crippen LogP contribution in [0.1, 0.15) is 60.4 Å². The molecular weight excluding hydrogens is 398 g/mol. The molecular formula is C22H29N5O2S. The molecule has 2 amide bonds. The summed E-state index contributed by atoms with van der Waals surface area (Å²) in [6.07, 6.45) is 2.41.